The van der Waals surface area contributed by atoms with Crippen LogP contribution in [0.3, 0.4) is 0 Å². The number of thioether (sulfide) groups is 1. The minimum absolute atomic E-state index is 0.00206. The third-order valence-electron chi connectivity index (χ3n) is 6.01. The van der Waals surface area contributed by atoms with Gasteiger partial charge in [0.15, 0.2) is 0 Å². The van der Waals surface area contributed by atoms with Crippen molar-refractivity contribution in [1.82, 2.24) is 31.5 Å². The molecule has 16 nitrogen and oxygen atoms in total. The molecule has 0 aromatic rings. The molecule has 7 amide bonds. The molecule has 42 heavy (non-hydrogen) atoms. The number of amides is 7. The van der Waals surface area contributed by atoms with Gasteiger partial charge in [-0.1, -0.05) is 0 Å². The molecule has 1 saturated heterocycles. The molecule has 0 radical (unpaired) electrons. The number of likely N-dealkylation sites (tertiary alicyclic amines) is 1. The van der Waals surface area contributed by atoms with Gasteiger partial charge < -0.3 is 42.5 Å². The van der Waals surface area contributed by atoms with Crippen molar-refractivity contribution in [2.75, 3.05) is 51.7 Å². The van der Waals surface area contributed by atoms with Gasteiger partial charge in [0, 0.05) is 64.7 Å². The lowest BCUT2D eigenvalue weighted by Gasteiger charge is -2.20. The van der Waals surface area contributed by atoms with Crippen LogP contribution < -0.4 is 32.3 Å². The Kier molecular flexibility index (Phi) is 18.0. The van der Waals surface area contributed by atoms with Gasteiger partial charge in [0.25, 0.3) is 0 Å². The van der Waals surface area contributed by atoms with Gasteiger partial charge in [-0.3, -0.25) is 38.5 Å². The molecule has 9 N–H and O–H groups in total. The Hall–Kier alpha value is -3.28. The van der Waals surface area contributed by atoms with Crippen molar-refractivity contribution in [2.45, 2.75) is 62.8 Å². The monoisotopic (exact) mass is 617 g/mol. The van der Waals surface area contributed by atoms with Crippen molar-refractivity contribution in [3.05, 3.63) is 0 Å². The molecule has 3 unspecified atom stereocenters. The third-order valence-corrected chi connectivity index (χ3v) is 7.31. The van der Waals surface area contributed by atoms with Crippen LogP contribution in [0.5, 0.6) is 0 Å². The molecule has 0 saturated carbocycles. The number of nitrogens with one attached hydrogen (secondary N) is 5. The van der Waals surface area contributed by atoms with Crippen molar-refractivity contribution in [1.29, 1.82) is 0 Å². The Morgan fingerprint density at radius 2 is 1.55 bits per heavy atom. The Balaban J connectivity index is 2.63. The zero-order chi connectivity index (χ0) is 31.5. The molecule has 0 aromatic heterocycles. The van der Waals surface area contributed by atoms with Gasteiger partial charge in [-0.25, -0.2) is 0 Å². The highest BCUT2D eigenvalue weighted by atomic mass is 32.2. The zero-order valence-corrected chi connectivity index (χ0v) is 24.6. The highest BCUT2D eigenvalue weighted by Gasteiger charge is 2.39. The number of nitrogens with two attached hydrogens (primary N) is 1. The minimum Gasteiger partial charge on any atom is -0.395 e. The summed E-state index contributed by atoms with van der Waals surface area (Å²) in [7, 11) is 0. The van der Waals surface area contributed by atoms with Gasteiger partial charge in [-0.05, 0) is 19.3 Å². The summed E-state index contributed by atoms with van der Waals surface area (Å²) in [5, 5.41) is 29.8. The van der Waals surface area contributed by atoms with Crippen molar-refractivity contribution in [2.24, 2.45) is 5.73 Å². The van der Waals surface area contributed by atoms with Crippen LogP contribution in [0, 0.1) is 0 Å². The van der Waals surface area contributed by atoms with Crippen LogP contribution in [0.2, 0.25) is 0 Å². The van der Waals surface area contributed by atoms with Crippen LogP contribution in [0.1, 0.15) is 45.4 Å². The van der Waals surface area contributed by atoms with Crippen molar-refractivity contribution in [3.63, 3.8) is 0 Å². The number of rotatable bonds is 21. The first kappa shape index (κ1) is 36.7. The summed E-state index contributed by atoms with van der Waals surface area (Å²) in [4.78, 5) is 86.7. The molecular weight excluding hydrogens is 574 g/mol. The lowest BCUT2D eigenvalue weighted by atomic mass is 10.1. The number of nitrogens with zero attached hydrogens (tertiary/aromatic N) is 1. The molecule has 0 aliphatic carbocycles. The SMILES string of the molecule is CC(=O)NC(CSC1CC(=O)N(CCC(=O)NC(CCCCNC(=O)CCN)C(=O)NCCO)C1=O)C(=O)NCCO. The molecule has 17 heteroatoms. The fraction of sp³-hybridized carbons (Fsp3) is 0.720. The van der Waals surface area contributed by atoms with Crippen LogP contribution in [-0.4, -0.2) is 125 Å². The topological polar surface area (TPSA) is 249 Å². The molecule has 1 heterocycles. The number of aliphatic hydroxyl groups excluding tert-OH is 2. The van der Waals surface area contributed by atoms with Gasteiger partial charge >= 0.3 is 0 Å². The molecule has 238 valence electrons. The van der Waals surface area contributed by atoms with Gasteiger partial charge in [0.2, 0.25) is 41.4 Å². The Labute approximate surface area is 248 Å². The van der Waals surface area contributed by atoms with Gasteiger partial charge in [0.1, 0.15) is 12.1 Å². The van der Waals surface area contributed by atoms with Gasteiger partial charge in [-0.2, -0.15) is 0 Å². The van der Waals surface area contributed by atoms with Crippen molar-refractivity contribution >= 4 is 53.1 Å². The average Bonchev–Trinajstić information content (AvgIpc) is 3.21. The number of carbonyl (C=O) groups is 7. The maximum Gasteiger partial charge on any atom is 0.243 e. The lowest BCUT2D eigenvalue weighted by molar-refractivity contribution is -0.139. The average molecular weight is 618 g/mol. The first-order valence-electron chi connectivity index (χ1n) is 13.8. The number of aliphatic hydroxyl groups is 2. The summed E-state index contributed by atoms with van der Waals surface area (Å²) in [6.45, 7) is 1.08. The number of hydrogen-bond donors (Lipinski definition) is 8. The van der Waals surface area contributed by atoms with Crippen LogP contribution in [-0.2, 0) is 33.6 Å². The third kappa shape index (κ3) is 14.1. The lowest BCUT2D eigenvalue weighted by Crippen LogP contribution is -2.48. The summed E-state index contributed by atoms with van der Waals surface area (Å²) in [5.41, 5.74) is 5.33. The van der Waals surface area contributed by atoms with E-state index < -0.39 is 52.8 Å². The molecule has 1 aliphatic rings. The fourth-order valence-electron chi connectivity index (χ4n) is 3.93. The molecule has 0 spiro atoms. The first-order valence-corrected chi connectivity index (χ1v) is 14.8. The van der Waals surface area contributed by atoms with E-state index in [1.807, 2.05) is 0 Å². The van der Waals surface area contributed by atoms with E-state index in [0.717, 1.165) is 16.7 Å². The van der Waals surface area contributed by atoms with Crippen molar-refractivity contribution < 1.29 is 43.8 Å². The molecular formula is C25H43N7O9S. The van der Waals surface area contributed by atoms with E-state index in [4.69, 9.17) is 15.9 Å². The zero-order valence-electron chi connectivity index (χ0n) is 23.8. The van der Waals surface area contributed by atoms with Crippen molar-refractivity contribution in [3.8, 4) is 0 Å². The largest absolute Gasteiger partial charge is 0.395 e. The highest BCUT2D eigenvalue weighted by Crippen LogP contribution is 2.26. The molecule has 1 rings (SSSR count). The second kappa shape index (κ2) is 20.6. The standard InChI is InChI=1S/C25H43N7O9S/c1-16(35)30-18(24(40)29-10-13-34)15-42-19-14-22(38)32(25(19)41)11-6-21(37)31-17(23(39)28-9-12-33)4-2-3-8-27-20(36)5-7-26/h17-19,33-34H,2-15,26H2,1H3,(H,27,36)(H,28,39)(H,29,40)(H,30,35)(H,31,37). The highest BCUT2D eigenvalue weighted by molar-refractivity contribution is 8.00. The Morgan fingerprint density at radius 3 is 2.14 bits per heavy atom. The van der Waals surface area contributed by atoms with E-state index in [-0.39, 0.29) is 76.7 Å². The summed E-state index contributed by atoms with van der Waals surface area (Å²) in [6, 6.07) is -1.89. The first-order chi connectivity index (χ1) is 20.0. The Bertz CT molecular complexity index is 953. The number of imide groups is 1. The summed E-state index contributed by atoms with van der Waals surface area (Å²) < 4.78 is 0. The summed E-state index contributed by atoms with van der Waals surface area (Å²) in [6.07, 6.45) is 1.15. The summed E-state index contributed by atoms with van der Waals surface area (Å²) in [5.74, 6) is -3.22. The van der Waals surface area contributed by atoms with E-state index in [0.29, 0.717) is 19.4 Å². The second-order valence-corrected chi connectivity index (χ2v) is 10.7. The van der Waals surface area contributed by atoms with Gasteiger partial charge in [0.05, 0.1) is 18.5 Å². The van der Waals surface area contributed by atoms with Gasteiger partial charge in [-0.15, -0.1) is 11.8 Å². The van der Waals surface area contributed by atoms with E-state index in [9.17, 15) is 33.6 Å². The molecule has 3 atom stereocenters. The van der Waals surface area contributed by atoms with E-state index >= 15 is 0 Å². The smallest absolute Gasteiger partial charge is 0.243 e. The quantitative estimate of drug-likeness (QED) is 0.0456. The Morgan fingerprint density at radius 1 is 0.905 bits per heavy atom. The second-order valence-electron chi connectivity index (χ2n) is 9.45. The van der Waals surface area contributed by atoms with Crippen LogP contribution in [0.25, 0.3) is 0 Å². The van der Waals surface area contributed by atoms with Crippen LogP contribution in [0.15, 0.2) is 0 Å². The number of carbonyl (C=O) groups excluding carboxylic acids is 7. The molecule has 0 bridgehead atoms. The van der Waals surface area contributed by atoms with E-state index in [2.05, 4.69) is 26.6 Å². The number of hydrogen-bond acceptors (Lipinski definition) is 11. The summed E-state index contributed by atoms with van der Waals surface area (Å²) >= 11 is 1.03. The molecule has 1 aliphatic heterocycles. The van der Waals surface area contributed by atoms with E-state index in [1.54, 1.807) is 0 Å². The maximum absolute atomic E-state index is 12.9. The van der Waals surface area contributed by atoms with Crippen LogP contribution in [0.4, 0.5) is 0 Å². The van der Waals surface area contributed by atoms with Crippen LogP contribution >= 0.6 is 11.8 Å². The molecule has 1 fully saturated rings. The minimum atomic E-state index is -0.974. The normalized spacial score (nSPS) is 16.0. The molecule has 0 aromatic carbocycles. The number of unbranched alkanes of at least 4 members (excludes halogenated alkanes) is 1. The predicted molar refractivity (Wildman–Crippen MR) is 152 cm³/mol. The van der Waals surface area contributed by atoms with E-state index in [1.165, 1.54) is 6.92 Å². The fourth-order valence-corrected chi connectivity index (χ4v) is 5.12. The maximum atomic E-state index is 12.9. The predicted octanol–water partition coefficient (Wildman–Crippen LogP) is -3.92.